The molecule has 6 nitrogen and oxygen atoms in total. The van der Waals surface area contributed by atoms with E-state index in [1.807, 2.05) is 30.3 Å². The Morgan fingerprint density at radius 3 is 2.37 bits per heavy atom. The van der Waals surface area contributed by atoms with Crippen LogP contribution in [0.25, 0.3) is 0 Å². The van der Waals surface area contributed by atoms with Crippen LogP contribution in [-0.2, 0) is 6.61 Å². The lowest BCUT2D eigenvalue weighted by Crippen LogP contribution is -2.11. The predicted molar refractivity (Wildman–Crippen MR) is 103 cm³/mol. The fraction of sp³-hybridized carbons (Fsp3) is 0.0500. The first kappa shape index (κ1) is 18.4. The molecular weight excluding hydrogens is 368 g/mol. The van der Waals surface area contributed by atoms with Crippen molar-refractivity contribution in [3.8, 4) is 5.75 Å². The molecule has 0 aliphatic carbocycles. The number of nitrogens with zero attached hydrogens (tertiary/aromatic N) is 1. The molecule has 3 rings (SSSR count). The molecule has 0 aliphatic rings. The number of non-ortho nitro benzene ring substituents is 1. The summed E-state index contributed by atoms with van der Waals surface area (Å²) in [5.41, 5.74) is 1.99. The molecule has 3 aromatic rings. The fourth-order valence-corrected chi connectivity index (χ4v) is 2.59. The number of hydrogen-bond acceptors (Lipinski definition) is 4. The summed E-state index contributed by atoms with van der Waals surface area (Å²) in [7, 11) is 0. The van der Waals surface area contributed by atoms with Gasteiger partial charge in [-0.2, -0.15) is 0 Å². The van der Waals surface area contributed by atoms with Gasteiger partial charge in [0, 0.05) is 23.4 Å². The van der Waals surface area contributed by atoms with Gasteiger partial charge in [-0.15, -0.1) is 0 Å². The highest BCUT2D eigenvalue weighted by molar-refractivity contribution is 6.32. The van der Waals surface area contributed by atoms with Gasteiger partial charge in [0.25, 0.3) is 11.6 Å². The zero-order valence-electron chi connectivity index (χ0n) is 14.1. The Morgan fingerprint density at radius 2 is 1.74 bits per heavy atom. The minimum atomic E-state index is -0.519. The van der Waals surface area contributed by atoms with Crippen molar-refractivity contribution in [2.45, 2.75) is 6.61 Å². The molecule has 0 atom stereocenters. The van der Waals surface area contributed by atoms with Crippen molar-refractivity contribution in [2.75, 3.05) is 5.32 Å². The zero-order valence-corrected chi connectivity index (χ0v) is 14.8. The van der Waals surface area contributed by atoms with Crippen molar-refractivity contribution in [1.29, 1.82) is 0 Å². The molecule has 0 radical (unpaired) electrons. The van der Waals surface area contributed by atoms with E-state index in [2.05, 4.69) is 5.32 Å². The first-order valence-corrected chi connectivity index (χ1v) is 8.43. The van der Waals surface area contributed by atoms with E-state index in [1.165, 1.54) is 18.2 Å². The Bertz CT molecular complexity index is 959. The molecule has 0 saturated carbocycles. The van der Waals surface area contributed by atoms with Gasteiger partial charge < -0.3 is 10.1 Å². The van der Waals surface area contributed by atoms with Crippen molar-refractivity contribution in [2.24, 2.45) is 0 Å². The molecule has 0 bridgehead atoms. The summed E-state index contributed by atoms with van der Waals surface area (Å²) >= 11 is 6.00. The Kier molecular flexibility index (Phi) is 5.68. The number of nitrogens with one attached hydrogen (secondary N) is 1. The molecule has 0 heterocycles. The van der Waals surface area contributed by atoms with Crippen LogP contribution < -0.4 is 10.1 Å². The smallest absolute Gasteiger partial charge is 0.271 e. The number of nitro benzene ring substituents is 1. The molecule has 0 saturated heterocycles. The van der Waals surface area contributed by atoms with Gasteiger partial charge in [0.2, 0.25) is 0 Å². The first-order chi connectivity index (χ1) is 13.0. The molecule has 0 unspecified atom stereocenters. The van der Waals surface area contributed by atoms with Crippen LogP contribution in [0.5, 0.6) is 5.75 Å². The molecule has 1 N–H and O–H groups in total. The molecule has 136 valence electrons. The lowest BCUT2D eigenvalue weighted by molar-refractivity contribution is -0.384. The summed E-state index contributed by atoms with van der Waals surface area (Å²) in [6.45, 7) is 0.220. The van der Waals surface area contributed by atoms with Crippen LogP contribution >= 0.6 is 11.6 Å². The highest BCUT2D eigenvalue weighted by Crippen LogP contribution is 2.29. The highest BCUT2D eigenvalue weighted by atomic mass is 35.5. The van der Waals surface area contributed by atoms with Gasteiger partial charge in [-0.05, 0) is 35.9 Å². The van der Waals surface area contributed by atoms with E-state index in [0.717, 1.165) is 11.3 Å². The van der Waals surface area contributed by atoms with Crippen LogP contribution in [0, 0.1) is 10.1 Å². The molecule has 27 heavy (non-hydrogen) atoms. The monoisotopic (exact) mass is 382 g/mol. The van der Waals surface area contributed by atoms with Gasteiger partial charge in [-0.3, -0.25) is 14.9 Å². The highest BCUT2D eigenvalue weighted by Gasteiger charge is 2.11. The molecule has 0 aliphatic heterocycles. The van der Waals surface area contributed by atoms with Gasteiger partial charge in [0.05, 0.1) is 9.95 Å². The zero-order chi connectivity index (χ0) is 19.2. The van der Waals surface area contributed by atoms with Crippen molar-refractivity contribution in [3.63, 3.8) is 0 Å². The second-order valence-electron chi connectivity index (χ2n) is 5.68. The fourth-order valence-electron chi connectivity index (χ4n) is 2.36. The molecule has 1 amide bonds. The maximum Gasteiger partial charge on any atom is 0.271 e. The number of rotatable bonds is 6. The Balaban J connectivity index is 1.61. The first-order valence-electron chi connectivity index (χ1n) is 8.05. The van der Waals surface area contributed by atoms with Crippen molar-refractivity contribution < 1.29 is 14.5 Å². The van der Waals surface area contributed by atoms with E-state index in [4.69, 9.17) is 16.3 Å². The number of carbonyl (C=O) groups is 1. The number of para-hydroxylation sites is 1. The topological polar surface area (TPSA) is 81.5 Å². The molecule has 7 heteroatoms. The summed E-state index contributed by atoms with van der Waals surface area (Å²) in [6.07, 6.45) is 0. The van der Waals surface area contributed by atoms with Crippen LogP contribution in [0.2, 0.25) is 5.02 Å². The standard InChI is InChI=1S/C20H15ClN2O4/c21-18-12-17(23(25)26)10-11-19(18)27-13-14-6-8-15(9-7-14)20(24)22-16-4-2-1-3-5-16/h1-12H,13H2,(H,22,24). The summed E-state index contributed by atoms with van der Waals surface area (Å²) in [5, 5.41) is 13.7. The Hall–Kier alpha value is -3.38. The SMILES string of the molecule is O=C(Nc1ccccc1)c1ccc(COc2ccc([N+](=O)[O-])cc2Cl)cc1. The summed E-state index contributed by atoms with van der Waals surface area (Å²) in [5.74, 6) is 0.153. The number of benzene rings is 3. The van der Waals surface area contributed by atoms with Crippen molar-refractivity contribution >= 4 is 28.9 Å². The van der Waals surface area contributed by atoms with Crippen LogP contribution in [0.15, 0.2) is 72.8 Å². The molecular formula is C20H15ClN2O4. The van der Waals surface area contributed by atoms with Gasteiger partial charge in [0.1, 0.15) is 12.4 Å². The molecule has 0 fully saturated rings. The van der Waals surface area contributed by atoms with Crippen molar-refractivity contribution in [3.05, 3.63) is 99.1 Å². The van der Waals surface area contributed by atoms with Crippen LogP contribution in [0.1, 0.15) is 15.9 Å². The maximum atomic E-state index is 12.2. The molecule has 0 spiro atoms. The number of amides is 1. The number of halogens is 1. The van der Waals surface area contributed by atoms with Gasteiger partial charge in [-0.25, -0.2) is 0 Å². The second kappa shape index (κ2) is 8.33. The third-order valence-electron chi connectivity index (χ3n) is 3.77. The Morgan fingerprint density at radius 1 is 1.04 bits per heavy atom. The van der Waals surface area contributed by atoms with Gasteiger partial charge >= 0.3 is 0 Å². The largest absolute Gasteiger partial charge is 0.487 e. The summed E-state index contributed by atoms with van der Waals surface area (Å²) in [6, 6.07) is 20.2. The number of nitro groups is 1. The van der Waals surface area contributed by atoms with E-state index in [1.54, 1.807) is 24.3 Å². The van der Waals surface area contributed by atoms with E-state index in [0.29, 0.717) is 11.3 Å². The average Bonchev–Trinajstić information content (AvgIpc) is 2.68. The third-order valence-corrected chi connectivity index (χ3v) is 4.06. The minimum absolute atomic E-state index is 0.0962. The minimum Gasteiger partial charge on any atom is -0.487 e. The number of hydrogen-bond donors (Lipinski definition) is 1. The molecule has 3 aromatic carbocycles. The quantitative estimate of drug-likeness (QED) is 0.476. The number of anilines is 1. The van der Waals surface area contributed by atoms with Crippen LogP contribution in [0.4, 0.5) is 11.4 Å². The Labute approximate surface area is 160 Å². The lowest BCUT2D eigenvalue weighted by Gasteiger charge is -2.09. The second-order valence-corrected chi connectivity index (χ2v) is 6.08. The molecule has 0 aromatic heterocycles. The van der Waals surface area contributed by atoms with E-state index in [9.17, 15) is 14.9 Å². The van der Waals surface area contributed by atoms with Crippen molar-refractivity contribution in [1.82, 2.24) is 0 Å². The number of carbonyl (C=O) groups excluding carboxylic acids is 1. The third kappa shape index (κ3) is 4.83. The lowest BCUT2D eigenvalue weighted by atomic mass is 10.1. The van der Waals surface area contributed by atoms with Crippen LogP contribution in [-0.4, -0.2) is 10.8 Å². The van der Waals surface area contributed by atoms with Gasteiger partial charge in [-0.1, -0.05) is 41.9 Å². The number of ether oxygens (including phenoxy) is 1. The van der Waals surface area contributed by atoms with E-state index in [-0.39, 0.29) is 23.2 Å². The summed E-state index contributed by atoms with van der Waals surface area (Å²) in [4.78, 5) is 22.4. The summed E-state index contributed by atoms with van der Waals surface area (Å²) < 4.78 is 5.60. The van der Waals surface area contributed by atoms with Crippen LogP contribution in [0.3, 0.4) is 0 Å². The van der Waals surface area contributed by atoms with E-state index < -0.39 is 4.92 Å². The van der Waals surface area contributed by atoms with E-state index >= 15 is 0 Å². The normalized spacial score (nSPS) is 10.3. The maximum absolute atomic E-state index is 12.2. The average molecular weight is 383 g/mol. The van der Waals surface area contributed by atoms with Gasteiger partial charge in [0.15, 0.2) is 0 Å². The predicted octanol–water partition coefficient (Wildman–Crippen LogP) is 5.08.